The van der Waals surface area contributed by atoms with Gasteiger partial charge in [0.1, 0.15) is 12.3 Å². The molecule has 1 saturated carbocycles. The summed E-state index contributed by atoms with van der Waals surface area (Å²) in [4.78, 5) is 12.7. The van der Waals surface area contributed by atoms with Gasteiger partial charge in [0.05, 0.1) is 17.1 Å². The number of non-ortho nitro benzene ring substituents is 1. The van der Waals surface area contributed by atoms with Gasteiger partial charge in [0.25, 0.3) is 5.69 Å². The fourth-order valence-electron chi connectivity index (χ4n) is 4.34. The summed E-state index contributed by atoms with van der Waals surface area (Å²) < 4.78 is 20.9. The van der Waals surface area contributed by atoms with Crippen molar-refractivity contribution in [2.75, 3.05) is 11.4 Å². The molecule has 2 aromatic carbocycles. The van der Waals surface area contributed by atoms with Crippen LogP contribution in [-0.4, -0.2) is 17.5 Å². The first-order chi connectivity index (χ1) is 13.1. The molecule has 142 valence electrons. The molecule has 0 spiro atoms. The lowest BCUT2D eigenvalue weighted by Crippen LogP contribution is -2.42. The molecule has 6 heteroatoms. The second-order valence-corrected chi connectivity index (χ2v) is 7.49. The Morgan fingerprint density at radius 1 is 1.15 bits per heavy atom. The summed E-state index contributed by atoms with van der Waals surface area (Å²) >= 11 is 0. The third-order valence-electron chi connectivity index (χ3n) is 5.70. The van der Waals surface area contributed by atoms with Gasteiger partial charge in [-0.1, -0.05) is 36.8 Å². The van der Waals surface area contributed by atoms with Crippen molar-refractivity contribution in [1.29, 1.82) is 0 Å². The van der Waals surface area contributed by atoms with E-state index >= 15 is 4.39 Å². The number of fused-ring (bicyclic) bond motifs is 4. The van der Waals surface area contributed by atoms with Gasteiger partial charge in [-0.15, -0.1) is 0 Å². The van der Waals surface area contributed by atoms with E-state index in [9.17, 15) is 10.1 Å². The van der Waals surface area contributed by atoms with E-state index in [1.54, 1.807) is 0 Å². The van der Waals surface area contributed by atoms with Gasteiger partial charge in [0, 0.05) is 12.6 Å². The van der Waals surface area contributed by atoms with Crippen LogP contribution >= 0.6 is 0 Å². The molecular weight excluding hydrogens is 347 g/mol. The number of hydrogen-bond acceptors (Lipinski definition) is 4. The summed E-state index contributed by atoms with van der Waals surface area (Å²) in [5.74, 6) is 0.248. The molecule has 5 rings (SSSR count). The smallest absolute Gasteiger partial charge is 0.276 e. The van der Waals surface area contributed by atoms with Crippen LogP contribution in [0.3, 0.4) is 0 Å². The van der Waals surface area contributed by atoms with Gasteiger partial charge in [-0.05, 0) is 37.2 Å². The maximum Gasteiger partial charge on any atom is 0.276 e. The highest BCUT2D eigenvalue weighted by Crippen LogP contribution is 2.43. The molecule has 2 bridgehead atoms. The van der Waals surface area contributed by atoms with Crippen molar-refractivity contribution < 1.29 is 14.1 Å². The number of ether oxygens (including phenoxy) is 1. The van der Waals surface area contributed by atoms with Crippen molar-refractivity contribution in [3.8, 4) is 5.75 Å². The molecule has 3 aliphatic rings. The minimum atomic E-state index is -0.573. The molecule has 2 saturated heterocycles. The molecule has 0 N–H and O–H groups in total. The molecular formula is C21H23FN2O3. The highest BCUT2D eigenvalue weighted by atomic mass is 19.1. The molecule has 0 radical (unpaired) electrons. The lowest BCUT2D eigenvalue weighted by molar-refractivity contribution is -0.385. The zero-order valence-corrected chi connectivity index (χ0v) is 15.1. The molecule has 0 aromatic heterocycles. The van der Waals surface area contributed by atoms with Gasteiger partial charge >= 0.3 is 0 Å². The maximum atomic E-state index is 15.0. The largest absolute Gasteiger partial charge is 0.486 e. The van der Waals surface area contributed by atoms with Crippen LogP contribution in [0.5, 0.6) is 5.75 Å². The van der Waals surface area contributed by atoms with E-state index < -0.39 is 10.7 Å². The molecule has 2 atom stereocenters. The van der Waals surface area contributed by atoms with Crippen molar-refractivity contribution in [3.63, 3.8) is 0 Å². The van der Waals surface area contributed by atoms with Crippen LogP contribution in [0.4, 0.5) is 15.8 Å². The fraction of sp³-hybridized carbons (Fsp3) is 0.429. The van der Waals surface area contributed by atoms with E-state index in [1.165, 1.54) is 18.9 Å². The van der Waals surface area contributed by atoms with Gasteiger partial charge in [-0.2, -0.15) is 0 Å². The average Bonchev–Trinajstić information content (AvgIpc) is 3.02. The van der Waals surface area contributed by atoms with Gasteiger partial charge in [-0.25, -0.2) is 4.39 Å². The van der Waals surface area contributed by atoms with Crippen molar-refractivity contribution in [1.82, 2.24) is 0 Å². The molecule has 27 heavy (non-hydrogen) atoms. The summed E-state index contributed by atoms with van der Waals surface area (Å²) in [5, 5.41) is 11.2. The third kappa shape index (κ3) is 3.75. The van der Waals surface area contributed by atoms with Crippen LogP contribution in [-0.2, 0) is 6.61 Å². The minimum Gasteiger partial charge on any atom is -0.486 e. The summed E-state index contributed by atoms with van der Waals surface area (Å²) in [5.41, 5.74) is 1.04. The van der Waals surface area contributed by atoms with Crippen LogP contribution in [0.2, 0.25) is 0 Å². The predicted octanol–water partition coefficient (Wildman–Crippen LogP) is 5.08. The van der Waals surface area contributed by atoms with E-state index in [0.717, 1.165) is 37.4 Å². The first-order valence-electron chi connectivity index (χ1n) is 9.53. The van der Waals surface area contributed by atoms with Crippen LogP contribution in [0.1, 0.15) is 37.7 Å². The quantitative estimate of drug-likeness (QED) is 0.544. The Morgan fingerprint density at radius 2 is 1.96 bits per heavy atom. The van der Waals surface area contributed by atoms with Crippen LogP contribution in [0.15, 0.2) is 42.5 Å². The molecule has 0 amide bonds. The Balaban J connectivity index is 1.69. The molecule has 3 fully saturated rings. The number of halogens is 1. The first-order valence-corrected chi connectivity index (χ1v) is 9.53. The van der Waals surface area contributed by atoms with Crippen molar-refractivity contribution >= 4 is 11.4 Å². The Morgan fingerprint density at radius 3 is 2.74 bits per heavy atom. The second kappa shape index (κ2) is 7.55. The maximum absolute atomic E-state index is 15.0. The Labute approximate surface area is 157 Å². The number of rotatable bonds is 5. The molecule has 2 aromatic rings. The predicted molar refractivity (Wildman–Crippen MR) is 102 cm³/mol. The lowest BCUT2D eigenvalue weighted by atomic mass is 9.94. The monoisotopic (exact) mass is 370 g/mol. The molecule has 1 aliphatic carbocycles. The van der Waals surface area contributed by atoms with Crippen LogP contribution in [0.25, 0.3) is 0 Å². The van der Waals surface area contributed by atoms with Gasteiger partial charge in [-0.3, -0.25) is 10.1 Å². The second-order valence-electron chi connectivity index (χ2n) is 7.49. The van der Waals surface area contributed by atoms with Crippen LogP contribution < -0.4 is 9.64 Å². The zero-order valence-electron chi connectivity index (χ0n) is 15.1. The Bertz CT molecular complexity index is 824. The number of benzene rings is 2. The Kier molecular flexibility index (Phi) is 4.97. The van der Waals surface area contributed by atoms with Gasteiger partial charge < -0.3 is 9.64 Å². The fourth-order valence-corrected chi connectivity index (χ4v) is 4.34. The molecule has 2 unspecified atom stereocenters. The standard InChI is InChI=1S/C21H23FN2O3/c22-19-11-18(24(25)26)12-20(27-14-16-5-2-1-3-6-16)21(19)23-13-15-7-4-8-17(23)10-9-15/h1-3,5-6,11-12,15,17H,4,7-10,13-14H2. The minimum absolute atomic E-state index is 0.246. The number of nitro groups is 1. The van der Waals surface area contributed by atoms with E-state index in [1.807, 2.05) is 30.3 Å². The number of anilines is 1. The number of hydrogen-bond donors (Lipinski definition) is 0. The van der Waals surface area contributed by atoms with E-state index in [0.29, 0.717) is 11.6 Å². The van der Waals surface area contributed by atoms with Crippen molar-refractivity contribution in [2.24, 2.45) is 5.92 Å². The highest BCUT2D eigenvalue weighted by Gasteiger charge is 2.35. The third-order valence-corrected chi connectivity index (χ3v) is 5.70. The normalized spacial score (nSPS) is 21.7. The average molecular weight is 370 g/mol. The topological polar surface area (TPSA) is 55.6 Å². The summed E-state index contributed by atoms with van der Waals surface area (Å²) in [6.45, 7) is 1.04. The molecule has 5 nitrogen and oxygen atoms in total. The van der Waals surface area contributed by atoms with Crippen molar-refractivity contribution in [3.05, 3.63) is 64.0 Å². The molecule has 2 heterocycles. The number of piperidine rings is 1. The van der Waals surface area contributed by atoms with Crippen molar-refractivity contribution in [2.45, 2.75) is 44.8 Å². The summed E-state index contributed by atoms with van der Waals surface area (Å²) in [6, 6.07) is 12.2. The SMILES string of the molecule is O=[N+]([O-])c1cc(F)c(N2CC3CCCC2CC3)c(OCc2ccccc2)c1. The lowest BCUT2D eigenvalue weighted by Gasteiger charge is -2.39. The highest BCUT2D eigenvalue weighted by molar-refractivity contribution is 5.64. The summed E-state index contributed by atoms with van der Waals surface area (Å²) in [6.07, 6.45) is 5.57. The van der Waals surface area contributed by atoms with Gasteiger partial charge in [0.15, 0.2) is 11.6 Å². The summed E-state index contributed by atoms with van der Waals surface area (Å²) in [7, 11) is 0. The van der Waals surface area contributed by atoms with E-state index in [2.05, 4.69) is 4.90 Å². The zero-order chi connectivity index (χ0) is 18.8. The number of nitrogens with zero attached hydrogens (tertiary/aromatic N) is 2. The number of nitro benzene ring substituents is 1. The van der Waals surface area contributed by atoms with Gasteiger partial charge in [0.2, 0.25) is 0 Å². The Hall–Kier alpha value is -2.63. The van der Waals surface area contributed by atoms with E-state index in [4.69, 9.17) is 4.74 Å². The van der Waals surface area contributed by atoms with E-state index in [-0.39, 0.29) is 24.1 Å². The molecule has 2 aliphatic heterocycles. The van der Waals surface area contributed by atoms with Crippen LogP contribution in [0, 0.1) is 21.8 Å². The first kappa shape index (κ1) is 17.8.